The Hall–Kier alpha value is -2.75. The summed E-state index contributed by atoms with van der Waals surface area (Å²) in [5, 5.41) is 10.2. The molecule has 0 spiro atoms. The SMILES string of the molecule is NC(=O)N1c2ccccc2C=C(O)c2ccccc21. The third-order valence-electron chi connectivity index (χ3n) is 3.11. The molecule has 0 aliphatic carbocycles. The summed E-state index contributed by atoms with van der Waals surface area (Å²) in [5.41, 5.74) is 8.06. The molecule has 2 amide bonds. The molecule has 3 rings (SSSR count). The van der Waals surface area contributed by atoms with Gasteiger partial charge in [-0.1, -0.05) is 30.3 Å². The van der Waals surface area contributed by atoms with Crippen LogP contribution in [0.25, 0.3) is 11.8 Å². The summed E-state index contributed by atoms with van der Waals surface area (Å²) >= 11 is 0. The molecule has 0 aromatic heterocycles. The monoisotopic (exact) mass is 252 g/mol. The topological polar surface area (TPSA) is 66.6 Å². The molecule has 3 N–H and O–H groups in total. The Balaban J connectivity index is 2.36. The van der Waals surface area contributed by atoms with Crippen molar-refractivity contribution < 1.29 is 9.90 Å². The van der Waals surface area contributed by atoms with Crippen LogP contribution in [-0.2, 0) is 0 Å². The van der Waals surface area contributed by atoms with Crippen LogP contribution in [0.1, 0.15) is 11.1 Å². The third kappa shape index (κ3) is 1.74. The fourth-order valence-electron chi connectivity index (χ4n) is 2.29. The Morgan fingerprint density at radius 3 is 2.37 bits per heavy atom. The van der Waals surface area contributed by atoms with E-state index in [1.807, 2.05) is 18.2 Å². The van der Waals surface area contributed by atoms with Gasteiger partial charge in [0.1, 0.15) is 5.76 Å². The smallest absolute Gasteiger partial charge is 0.323 e. The predicted octanol–water partition coefficient (Wildman–Crippen LogP) is 3.27. The minimum atomic E-state index is -0.581. The van der Waals surface area contributed by atoms with Gasteiger partial charge in [0.2, 0.25) is 0 Å². The first-order valence-corrected chi connectivity index (χ1v) is 5.87. The van der Waals surface area contributed by atoms with Crippen LogP contribution >= 0.6 is 0 Å². The lowest BCUT2D eigenvalue weighted by molar-refractivity contribution is 0.256. The minimum absolute atomic E-state index is 0.117. The number of nitrogens with zero attached hydrogens (tertiary/aromatic N) is 1. The Bertz CT molecular complexity index is 692. The van der Waals surface area contributed by atoms with Gasteiger partial charge in [-0.3, -0.25) is 4.90 Å². The van der Waals surface area contributed by atoms with Crippen molar-refractivity contribution in [2.75, 3.05) is 4.90 Å². The lowest BCUT2D eigenvalue weighted by Crippen LogP contribution is -2.32. The van der Waals surface area contributed by atoms with Gasteiger partial charge < -0.3 is 10.8 Å². The van der Waals surface area contributed by atoms with Crippen molar-refractivity contribution in [1.82, 2.24) is 0 Å². The second-order valence-electron chi connectivity index (χ2n) is 4.28. The molecule has 0 unspecified atom stereocenters. The highest BCUT2D eigenvalue weighted by atomic mass is 16.3. The second kappa shape index (κ2) is 4.17. The Kier molecular flexibility index (Phi) is 2.49. The zero-order valence-electron chi connectivity index (χ0n) is 10.1. The van der Waals surface area contributed by atoms with Gasteiger partial charge >= 0.3 is 6.03 Å². The first kappa shape index (κ1) is 11.3. The average molecular weight is 252 g/mol. The number of amides is 2. The van der Waals surface area contributed by atoms with E-state index in [0.29, 0.717) is 16.9 Å². The number of hydrogen-bond donors (Lipinski definition) is 2. The maximum absolute atomic E-state index is 11.8. The van der Waals surface area contributed by atoms with Crippen LogP contribution in [0.4, 0.5) is 16.2 Å². The zero-order chi connectivity index (χ0) is 13.4. The summed E-state index contributed by atoms with van der Waals surface area (Å²) in [6, 6.07) is 13.8. The van der Waals surface area contributed by atoms with Crippen molar-refractivity contribution in [3.8, 4) is 0 Å². The second-order valence-corrected chi connectivity index (χ2v) is 4.28. The number of aliphatic hydroxyl groups excluding tert-OH is 1. The van der Waals surface area contributed by atoms with Crippen molar-refractivity contribution >= 4 is 29.2 Å². The highest BCUT2D eigenvalue weighted by Gasteiger charge is 2.24. The highest BCUT2D eigenvalue weighted by molar-refractivity contribution is 6.05. The molecule has 1 heterocycles. The molecule has 0 atom stereocenters. The van der Waals surface area contributed by atoms with Gasteiger partial charge in [-0.25, -0.2) is 4.79 Å². The lowest BCUT2D eigenvalue weighted by atomic mass is 10.1. The third-order valence-corrected chi connectivity index (χ3v) is 3.11. The molecule has 4 nitrogen and oxygen atoms in total. The van der Waals surface area contributed by atoms with Crippen molar-refractivity contribution in [3.63, 3.8) is 0 Å². The largest absolute Gasteiger partial charge is 0.507 e. The molecular weight excluding hydrogens is 240 g/mol. The fourth-order valence-corrected chi connectivity index (χ4v) is 2.29. The van der Waals surface area contributed by atoms with Crippen LogP contribution in [0.5, 0.6) is 0 Å². The summed E-state index contributed by atoms with van der Waals surface area (Å²) in [6.07, 6.45) is 1.64. The number of hydrogen-bond acceptors (Lipinski definition) is 2. The van der Waals surface area contributed by atoms with E-state index in [-0.39, 0.29) is 5.76 Å². The summed E-state index contributed by atoms with van der Waals surface area (Å²) < 4.78 is 0. The van der Waals surface area contributed by atoms with Crippen molar-refractivity contribution in [3.05, 3.63) is 59.7 Å². The number of anilines is 2. The van der Waals surface area contributed by atoms with E-state index in [1.165, 1.54) is 4.90 Å². The maximum atomic E-state index is 11.8. The van der Waals surface area contributed by atoms with Gasteiger partial charge in [-0.15, -0.1) is 0 Å². The first-order valence-electron chi connectivity index (χ1n) is 5.87. The fraction of sp³-hybridized carbons (Fsp3) is 0. The number of rotatable bonds is 0. The summed E-state index contributed by atoms with van der Waals surface area (Å²) in [4.78, 5) is 13.2. The number of urea groups is 1. The van der Waals surface area contributed by atoms with E-state index in [1.54, 1.807) is 36.4 Å². The van der Waals surface area contributed by atoms with Crippen molar-refractivity contribution in [2.45, 2.75) is 0 Å². The number of carbonyl (C=O) groups excluding carboxylic acids is 1. The summed E-state index contributed by atoms with van der Waals surface area (Å²) in [5.74, 6) is 0.117. The average Bonchev–Trinajstić information content (AvgIpc) is 2.53. The van der Waals surface area contributed by atoms with Crippen molar-refractivity contribution in [2.24, 2.45) is 5.73 Å². The number of fused-ring (bicyclic) bond motifs is 2. The number of aliphatic hydroxyl groups is 1. The molecular formula is C15H12N2O2. The Morgan fingerprint density at radius 1 is 1.00 bits per heavy atom. The summed E-state index contributed by atoms with van der Waals surface area (Å²) in [6.45, 7) is 0. The number of benzene rings is 2. The molecule has 1 aliphatic heterocycles. The first-order chi connectivity index (χ1) is 9.18. The number of para-hydroxylation sites is 2. The molecule has 0 saturated carbocycles. The van der Waals surface area contributed by atoms with E-state index >= 15 is 0 Å². The van der Waals surface area contributed by atoms with Crippen LogP contribution in [0.2, 0.25) is 0 Å². The lowest BCUT2D eigenvalue weighted by Gasteiger charge is -2.22. The molecule has 0 bridgehead atoms. The molecule has 94 valence electrons. The maximum Gasteiger partial charge on any atom is 0.323 e. The molecule has 2 aromatic rings. The predicted molar refractivity (Wildman–Crippen MR) is 75.1 cm³/mol. The van der Waals surface area contributed by atoms with Gasteiger partial charge in [0.25, 0.3) is 0 Å². The highest BCUT2D eigenvalue weighted by Crippen LogP contribution is 2.38. The molecule has 0 fully saturated rings. The van der Waals surface area contributed by atoms with Crippen LogP contribution in [0.3, 0.4) is 0 Å². The van der Waals surface area contributed by atoms with Crippen LogP contribution < -0.4 is 10.6 Å². The van der Waals surface area contributed by atoms with Crippen LogP contribution in [-0.4, -0.2) is 11.1 Å². The normalized spacial score (nSPS) is 13.1. The zero-order valence-corrected chi connectivity index (χ0v) is 10.1. The Labute approximate surface area is 110 Å². The van der Waals surface area contributed by atoms with Crippen LogP contribution in [0.15, 0.2) is 48.5 Å². The van der Waals surface area contributed by atoms with Gasteiger partial charge in [-0.05, 0) is 24.3 Å². The van der Waals surface area contributed by atoms with E-state index in [2.05, 4.69) is 0 Å². The molecule has 1 aliphatic rings. The van der Waals surface area contributed by atoms with Crippen LogP contribution in [0, 0.1) is 0 Å². The minimum Gasteiger partial charge on any atom is -0.507 e. The van der Waals surface area contributed by atoms with E-state index in [9.17, 15) is 9.90 Å². The summed E-state index contributed by atoms with van der Waals surface area (Å²) in [7, 11) is 0. The van der Waals surface area contributed by atoms with Gasteiger partial charge in [0.05, 0.1) is 11.4 Å². The quantitative estimate of drug-likeness (QED) is 0.755. The number of primary amides is 1. The van der Waals surface area contributed by atoms with E-state index in [4.69, 9.17) is 5.73 Å². The Morgan fingerprint density at radius 2 is 1.63 bits per heavy atom. The number of nitrogens with two attached hydrogens (primary N) is 1. The van der Waals surface area contributed by atoms with E-state index < -0.39 is 6.03 Å². The molecule has 0 radical (unpaired) electrons. The molecule has 0 saturated heterocycles. The van der Waals surface area contributed by atoms with Gasteiger partial charge in [0, 0.05) is 11.1 Å². The van der Waals surface area contributed by atoms with Gasteiger partial charge in [-0.2, -0.15) is 0 Å². The molecule has 19 heavy (non-hydrogen) atoms. The van der Waals surface area contributed by atoms with E-state index in [0.717, 1.165) is 5.56 Å². The molecule has 4 heteroatoms. The van der Waals surface area contributed by atoms with Crippen molar-refractivity contribution in [1.29, 1.82) is 0 Å². The van der Waals surface area contributed by atoms with Gasteiger partial charge in [0.15, 0.2) is 0 Å². The molecule has 2 aromatic carbocycles. The standard InChI is InChI=1S/C15H12N2O2/c16-15(19)17-12-7-3-1-5-10(12)9-14(18)11-6-2-4-8-13(11)17/h1-9,18H,(H2,16,19). The number of carbonyl (C=O) groups is 1.